The minimum Gasteiger partial charge on any atom is -0.236 e. The van der Waals surface area contributed by atoms with E-state index >= 15 is 0 Å². The normalized spacial score (nSPS) is 29.2. The molecule has 1 unspecified atom stereocenters. The molecule has 0 amide bonds. The average Bonchev–Trinajstić information content (AvgIpc) is 2.23. The summed E-state index contributed by atoms with van der Waals surface area (Å²) in [5, 5.41) is 0. The Kier molecular flexibility index (Phi) is 5.26. The molecule has 0 radical (unpaired) electrons. The van der Waals surface area contributed by atoms with Gasteiger partial charge in [-0.1, -0.05) is 46.5 Å². The SMILES string of the molecule is CCCCCOOC1(C)CCCCC1(C)C. The van der Waals surface area contributed by atoms with Crippen LogP contribution in [0.25, 0.3) is 0 Å². The monoisotopic (exact) mass is 228 g/mol. The molecule has 0 bridgehead atoms. The molecule has 1 atom stereocenters. The lowest BCUT2D eigenvalue weighted by atomic mass is 9.66. The van der Waals surface area contributed by atoms with Gasteiger partial charge in [-0.25, -0.2) is 9.78 Å². The van der Waals surface area contributed by atoms with Gasteiger partial charge in [0.1, 0.15) is 5.60 Å². The number of hydrogen-bond acceptors (Lipinski definition) is 2. The van der Waals surface area contributed by atoms with E-state index in [9.17, 15) is 0 Å². The molecule has 1 aliphatic carbocycles. The molecule has 1 rings (SSSR count). The number of hydrogen-bond donors (Lipinski definition) is 0. The Balaban J connectivity index is 2.32. The topological polar surface area (TPSA) is 18.5 Å². The first-order valence-electron chi connectivity index (χ1n) is 6.82. The summed E-state index contributed by atoms with van der Waals surface area (Å²) in [5.74, 6) is 0. The molecule has 1 fully saturated rings. The number of rotatable bonds is 6. The van der Waals surface area contributed by atoms with E-state index in [0.717, 1.165) is 19.4 Å². The van der Waals surface area contributed by atoms with E-state index < -0.39 is 0 Å². The summed E-state index contributed by atoms with van der Waals surface area (Å²) in [7, 11) is 0. The molecule has 0 saturated heterocycles. The van der Waals surface area contributed by atoms with Crippen molar-refractivity contribution in [1.82, 2.24) is 0 Å². The second kappa shape index (κ2) is 6.02. The van der Waals surface area contributed by atoms with Crippen LogP contribution in [0.2, 0.25) is 0 Å². The second-order valence-corrected chi connectivity index (χ2v) is 5.93. The molecule has 1 saturated carbocycles. The van der Waals surface area contributed by atoms with Gasteiger partial charge in [-0.15, -0.1) is 0 Å². The van der Waals surface area contributed by atoms with Crippen LogP contribution < -0.4 is 0 Å². The van der Waals surface area contributed by atoms with E-state index in [4.69, 9.17) is 9.78 Å². The average molecular weight is 228 g/mol. The fourth-order valence-corrected chi connectivity index (χ4v) is 2.37. The molecular weight excluding hydrogens is 200 g/mol. The van der Waals surface area contributed by atoms with E-state index in [1.165, 1.54) is 32.1 Å². The van der Waals surface area contributed by atoms with Crippen molar-refractivity contribution < 1.29 is 9.78 Å². The summed E-state index contributed by atoms with van der Waals surface area (Å²) >= 11 is 0. The Morgan fingerprint density at radius 2 is 1.69 bits per heavy atom. The molecule has 0 spiro atoms. The van der Waals surface area contributed by atoms with Crippen molar-refractivity contribution in [3.63, 3.8) is 0 Å². The van der Waals surface area contributed by atoms with Crippen molar-refractivity contribution in [2.24, 2.45) is 5.41 Å². The Hall–Kier alpha value is -0.0800. The van der Waals surface area contributed by atoms with Crippen LogP contribution in [-0.4, -0.2) is 12.2 Å². The van der Waals surface area contributed by atoms with Crippen molar-refractivity contribution in [1.29, 1.82) is 0 Å². The van der Waals surface area contributed by atoms with Crippen LogP contribution in [-0.2, 0) is 9.78 Å². The molecular formula is C14H28O2. The minimum absolute atomic E-state index is 0.0997. The van der Waals surface area contributed by atoms with Gasteiger partial charge in [0.25, 0.3) is 0 Å². The predicted molar refractivity (Wildman–Crippen MR) is 67.2 cm³/mol. The van der Waals surface area contributed by atoms with E-state index in [1.54, 1.807) is 0 Å². The standard InChI is InChI=1S/C14H28O2/c1-5-6-9-12-15-16-14(4)11-8-7-10-13(14,2)3/h5-12H2,1-4H3. The summed E-state index contributed by atoms with van der Waals surface area (Å²) in [5.41, 5.74) is 0.132. The molecule has 2 heteroatoms. The van der Waals surface area contributed by atoms with Crippen LogP contribution in [0.3, 0.4) is 0 Å². The zero-order chi connectivity index (χ0) is 12.1. The van der Waals surface area contributed by atoms with Gasteiger partial charge in [0.05, 0.1) is 6.61 Å². The highest BCUT2D eigenvalue weighted by Crippen LogP contribution is 2.46. The Morgan fingerprint density at radius 1 is 1.00 bits per heavy atom. The molecule has 2 nitrogen and oxygen atoms in total. The van der Waals surface area contributed by atoms with Gasteiger partial charge < -0.3 is 0 Å². The van der Waals surface area contributed by atoms with Gasteiger partial charge >= 0.3 is 0 Å². The maximum absolute atomic E-state index is 5.73. The van der Waals surface area contributed by atoms with Crippen LogP contribution in [0.15, 0.2) is 0 Å². The van der Waals surface area contributed by atoms with Gasteiger partial charge in [0, 0.05) is 0 Å². The first-order valence-corrected chi connectivity index (χ1v) is 6.82. The van der Waals surface area contributed by atoms with Crippen molar-refractivity contribution in [2.45, 2.75) is 78.2 Å². The quantitative estimate of drug-likeness (QED) is 0.379. The molecule has 1 aliphatic rings. The Bertz CT molecular complexity index is 201. The van der Waals surface area contributed by atoms with E-state index in [2.05, 4.69) is 27.7 Å². The van der Waals surface area contributed by atoms with Crippen LogP contribution in [0.1, 0.15) is 72.6 Å². The predicted octanol–water partition coefficient (Wildman–Crippen LogP) is 4.48. The van der Waals surface area contributed by atoms with Gasteiger partial charge in [-0.05, 0) is 31.6 Å². The third-order valence-electron chi connectivity index (χ3n) is 4.21. The van der Waals surface area contributed by atoms with Crippen molar-refractivity contribution in [3.05, 3.63) is 0 Å². The lowest BCUT2D eigenvalue weighted by Gasteiger charge is -2.46. The largest absolute Gasteiger partial charge is 0.236 e. The summed E-state index contributed by atoms with van der Waals surface area (Å²) in [6.07, 6.45) is 8.50. The fourth-order valence-electron chi connectivity index (χ4n) is 2.37. The van der Waals surface area contributed by atoms with E-state index in [1.807, 2.05) is 0 Å². The van der Waals surface area contributed by atoms with Crippen LogP contribution >= 0.6 is 0 Å². The van der Waals surface area contributed by atoms with Gasteiger partial charge in [0.15, 0.2) is 0 Å². The minimum atomic E-state index is -0.0997. The summed E-state index contributed by atoms with van der Waals surface area (Å²) in [6.45, 7) is 9.72. The highest BCUT2D eigenvalue weighted by molar-refractivity contribution is 4.93. The molecule has 0 N–H and O–H groups in total. The summed E-state index contributed by atoms with van der Waals surface area (Å²) in [6, 6.07) is 0. The smallest absolute Gasteiger partial charge is 0.106 e. The fraction of sp³-hybridized carbons (Fsp3) is 1.00. The van der Waals surface area contributed by atoms with Crippen molar-refractivity contribution in [3.8, 4) is 0 Å². The lowest BCUT2D eigenvalue weighted by molar-refractivity contribution is -0.385. The van der Waals surface area contributed by atoms with Crippen molar-refractivity contribution in [2.75, 3.05) is 6.61 Å². The molecule has 0 aromatic rings. The molecule has 0 aromatic carbocycles. The van der Waals surface area contributed by atoms with Crippen LogP contribution in [0.4, 0.5) is 0 Å². The molecule has 0 aromatic heterocycles. The third kappa shape index (κ3) is 3.46. The van der Waals surface area contributed by atoms with Gasteiger partial charge in [-0.3, -0.25) is 0 Å². The lowest BCUT2D eigenvalue weighted by Crippen LogP contribution is -2.46. The van der Waals surface area contributed by atoms with E-state index in [0.29, 0.717) is 0 Å². The van der Waals surface area contributed by atoms with Crippen LogP contribution in [0.5, 0.6) is 0 Å². The molecule has 96 valence electrons. The second-order valence-electron chi connectivity index (χ2n) is 5.93. The number of unbranched alkanes of at least 4 members (excludes halogenated alkanes) is 2. The first kappa shape index (κ1) is 14.0. The Labute approximate surface area is 101 Å². The molecule has 0 aliphatic heterocycles. The first-order chi connectivity index (χ1) is 7.52. The zero-order valence-electron chi connectivity index (χ0n) is 11.5. The summed E-state index contributed by atoms with van der Waals surface area (Å²) < 4.78 is 0. The Morgan fingerprint density at radius 3 is 2.31 bits per heavy atom. The zero-order valence-corrected chi connectivity index (χ0v) is 11.5. The summed E-state index contributed by atoms with van der Waals surface area (Å²) in [4.78, 5) is 11.1. The third-order valence-corrected chi connectivity index (χ3v) is 4.21. The maximum atomic E-state index is 5.73. The van der Waals surface area contributed by atoms with Crippen LogP contribution in [0, 0.1) is 5.41 Å². The molecule has 0 heterocycles. The van der Waals surface area contributed by atoms with Gasteiger partial charge in [0.2, 0.25) is 0 Å². The van der Waals surface area contributed by atoms with Crippen molar-refractivity contribution >= 4 is 0 Å². The molecule has 16 heavy (non-hydrogen) atoms. The highest BCUT2D eigenvalue weighted by atomic mass is 17.2. The highest BCUT2D eigenvalue weighted by Gasteiger charge is 2.45. The van der Waals surface area contributed by atoms with Gasteiger partial charge in [-0.2, -0.15) is 0 Å². The maximum Gasteiger partial charge on any atom is 0.106 e. The van der Waals surface area contributed by atoms with E-state index in [-0.39, 0.29) is 11.0 Å².